The van der Waals surface area contributed by atoms with E-state index in [-0.39, 0.29) is 0 Å². The molecule has 0 aliphatic rings. The zero-order valence-electron chi connectivity index (χ0n) is 9.33. The molecule has 0 atom stereocenters. The van der Waals surface area contributed by atoms with Crippen molar-refractivity contribution in [3.63, 3.8) is 0 Å². The summed E-state index contributed by atoms with van der Waals surface area (Å²) in [7, 11) is 1.91. The van der Waals surface area contributed by atoms with Gasteiger partial charge in [-0.3, -0.25) is 0 Å². The van der Waals surface area contributed by atoms with Gasteiger partial charge in [0.15, 0.2) is 0 Å². The number of nitrogens with one attached hydrogen (secondary N) is 1. The Hall–Kier alpha value is -1.76. The third kappa shape index (κ3) is 3.13. The maximum atomic E-state index is 3.71. The van der Waals surface area contributed by atoms with Crippen LogP contribution in [-0.2, 0) is 0 Å². The topological polar surface area (TPSA) is 12.0 Å². The molecule has 0 unspecified atom stereocenters. The normalized spacial score (nSPS) is 12.4. The van der Waals surface area contributed by atoms with Crippen LogP contribution >= 0.6 is 0 Å². The molecule has 0 spiro atoms. The maximum absolute atomic E-state index is 3.71. The van der Waals surface area contributed by atoms with Crippen molar-refractivity contribution in [2.45, 2.75) is 6.92 Å². The second-order valence-corrected chi connectivity index (χ2v) is 3.30. The van der Waals surface area contributed by atoms with Crippen LogP contribution < -0.4 is 5.32 Å². The zero-order valence-corrected chi connectivity index (χ0v) is 9.33. The molecule has 1 N–H and O–H groups in total. The van der Waals surface area contributed by atoms with Crippen molar-refractivity contribution < 1.29 is 0 Å². The smallest absolute Gasteiger partial charge is 0.00439 e. The van der Waals surface area contributed by atoms with E-state index in [0.29, 0.717) is 0 Å². The lowest BCUT2D eigenvalue weighted by Gasteiger charge is -2.08. The van der Waals surface area contributed by atoms with Crippen LogP contribution in [0.3, 0.4) is 0 Å². The van der Waals surface area contributed by atoms with Crippen LogP contribution in [0.4, 0.5) is 0 Å². The van der Waals surface area contributed by atoms with Crippen LogP contribution in [0.5, 0.6) is 0 Å². The molecular formula is C14H17N. The van der Waals surface area contributed by atoms with Crippen LogP contribution in [0, 0.1) is 0 Å². The predicted octanol–water partition coefficient (Wildman–Crippen LogP) is 3.38. The van der Waals surface area contributed by atoms with Crippen LogP contribution in [0.15, 0.2) is 60.8 Å². The number of allylic oxidation sites excluding steroid dienone is 4. The lowest BCUT2D eigenvalue weighted by Crippen LogP contribution is -1.97. The fourth-order valence-electron chi connectivity index (χ4n) is 1.45. The van der Waals surface area contributed by atoms with Crippen molar-refractivity contribution in [1.82, 2.24) is 5.32 Å². The van der Waals surface area contributed by atoms with Gasteiger partial charge in [0.1, 0.15) is 0 Å². The Balaban J connectivity index is 3.10. The highest BCUT2D eigenvalue weighted by molar-refractivity contribution is 5.78. The molecule has 1 aromatic carbocycles. The number of benzene rings is 1. The molecule has 0 fully saturated rings. The van der Waals surface area contributed by atoms with Crippen LogP contribution in [0.25, 0.3) is 5.57 Å². The fraction of sp³-hybridized carbons (Fsp3) is 0.143. The SMILES string of the molecule is C=C/C=C(C)/C(=C/NC)c1ccccc1. The Morgan fingerprint density at radius 3 is 2.47 bits per heavy atom. The lowest BCUT2D eigenvalue weighted by atomic mass is 10.00. The highest BCUT2D eigenvalue weighted by atomic mass is 14.8. The van der Waals surface area contributed by atoms with E-state index in [1.807, 2.05) is 43.6 Å². The van der Waals surface area contributed by atoms with E-state index < -0.39 is 0 Å². The standard InChI is InChI=1S/C14H17N/c1-4-8-12(2)14(11-15-3)13-9-6-5-7-10-13/h4-11,15H,1H2,2-3H3/b12-8+,14-11-. The summed E-state index contributed by atoms with van der Waals surface area (Å²) in [4.78, 5) is 0. The molecule has 78 valence electrons. The van der Waals surface area contributed by atoms with E-state index in [9.17, 15) is 0 Å². The minimum Gasteiger partial charge on any atom is -0.393 e. The van der Waals surface area contributed by atoms with Crippen molar-refractivity contribution in [2.75, 3.05) is 7.05 Å². The molecule has 0 saturated carbocycles. The molecule has 1 heteroatoms. The van der Waals surface area contributed by atoms with Gasteiger partial charge in [0.05, 0.1) is 0 Å². The average molecular weight is 199 g/mol. The van der Waals surface area contributed by atoms with E-state index in [2.05, 4.69) is 31.0 Å². The van der Waals surface area contributed by atoms with E-state index in [4.69, 9.17) is 0 Å². The molecule has 15 heavy (non-hydrogen) atoms. The molecule has 0 saturated heterocycles. The summed E-state index contributed by atoms with van der Waals surface area (Å²) < 4.78 is 0. The minimum absolute atomic E-state index is 1.19. The Morgan fingerprint density at radius 2 is 1.93 bits per heavy atom. The third-order valence-corrected chi connectivity index (χ3v) is 2.17. The third-order valence-electron chi connectivity index (χ3n) is 2.17. The van der Waals surface area contributed by atoms with Crippen molar-refractivity contribution in [3.8, 4) is 0 Å². The minimum atomic E-state index is 1.19. The van der Waals surface area contributed by atoms with Gasteiger partial charge in [-0.05, 0) is 18.1 Å². The van der Waals surface area contributed by atoms with Crippen LogP contribution in [0.2, 0.25) is 0 Å². The van der Waals surface area contributed by atoms with Gasteiger partial charge in [-0.25, -0.2) is 0 Å². The Morgan fingerprint density at radius 1 is 1.27 bits per heavy atom. The summed E-state index contributed by atoms with van der Waals surface area (Å²) in [6, 6.07) is 10.3. The van der Waals surface area contributed by atoms with Gasteiger partial charge >= 0.3 is 0 Å². The second kappa shape index (κ2) is 5.86. The van der Waals surface area contributed by atoms with Crippen LogP contribution in [0.1, 0.15) is 12.5 Å². The highest BCUT2D eigenvalue weighted by Crippen LogP contribution is 2.21. The van der Waals surface area contributed by atoms with Gasteiger partial charge < -0.3 is 5.32 Å². The molecule has 0 radical (unpaired) electrons. The summed E-state index contributed by atoms with van der Waals surface area (Å²) in [6.45, 7) is 5.79. The molecule has 0 amide bonds. The fourth-order valence-corrected chi connectivity index (χ4v) is 1.45. The summed E-state index contributed by atoms with van der Waals surface area (Å²) in [5.41, 5.74) is 3.60. The first kappa shape index (κ1) is 11.3. The maximum Gasteiger partial charge on any atom is 0.00439 e. The van der Waals surface area contributed by atoms with Gasteiger partial charge in [0.2, 0.25) is 0 Å². The summed E-state index contributed by atoms with van der Waals surface area (Å²) in [6.07, 6.45) is 5.82. The Labute approximate surface area is 91.8 Å². The van der Waals surface area contributed by atoms with E-state index in [1.165, 1.54) is 16.7 Å². The Bertz CT molecular complexity index is 372. The summed E-state index contributed by atoms with van der Waals surface area (Å²) in [5.74, 6) is 0. The van der Waals surface area contributed by atoms with E-state index in [1.54, 1.807) is 0 Å². The molecule has 0 heterocycles. The van der Waals surface area contributed by atoms with Gasteiger partial charge in [-0.1, -0.05) is 49.1 Å². The molecule has 0 aromatic heterocycles. The molecule has 0 aliphatic heterocycles. The van der Waals surface area contributed by atoms with Gasteiger partial charge in [-0.15, -0.1) is 0 Å². The van der Waals surface area contributed by atoms with Gasteiger partial charge in [0, 0.05) is 18.8 Å². The first-order chi connectivity index (χ1) is 7.29. The van der Waals surface area contributed by atoms with Crippen molar-refractivity contribution in [2.24, 2.45) is 0 Å². The molecular weight excluding hydrogens is 182 g/mol. The van der Waals surface area contributed by atoms with Crippen LogP contribution in [-0.4, -0.2) is 7.05 Å². The average Bonchev–Trinajstić information content (AvgIpc) is 2.27. The van der Waals surface area contributed by atoms with Crippen molar-refractivity contribution in [3.05, 3.63) is 66.4 Å². The quantitative estimate of drug-likeness (QED) is 0.733. The monoisotopic (exact) mass is 199 g/mol. The first-order valence-electron chi connectivity index (χ1n) is 5.02. The van der Waals surface area contributed by atoms with Gasteiger partial charge in [-0.2, -0.15) is 0 Å². The summed E-state index contributed by atoms with van der Waals surface area (Å²) >= 11 is 0. The molecule has 0 bridgehead atoms. The second-order valence-electron chi connectivity index (χ2n) is 3.30. The van der Waals surface area contributed by atoms with Crippen molar-refractivity contribution in [1.29, 1.82) is 0 Å². The molecule has 1 rings (SSSR count). The molecule has 0 aliphatic carbocycles. The lowest BCUT2D eigenvalue weighted by molar-refractivity contribution is 1.10. The zero-order chi connectivity index (χ0) is 11.1. The summed E-state index contributed by atoms with van der Waals surface area (Å²) in [5, 5.41) is 3.07. The number of rotatable bonds is 4. The predicted molar refractivity (Wildman–Crippen MR) is 67.4 cm³/mol. The molecule has 1 nitrogen and oxygen atoms in total. The Kier molecular flexibility index (Phi) is 4.42. The number of hydrogen-bond donors (Lipinski definition) is 1. The van der Waals surface area contributed by atoms with Gasteiger partial charge in [0.25, 0.3) is 0 Å². The van der Waals surface area contributed by atoms with E-state index >= 15 is 0 Å². The van der Waals surface area contributed by atoms with E-state index in [0.717, 1.165) is 0 Å². The first-order valence-corrected chi connectivity index (χ1v) is 5.02. The van der Waals surface area contributed by atoms with Crippen molar-refractivity contribution >= 4 is 5.57 Å². The number of hydrogen-bond acceptors (Lipinski definition) is 1. The highest BCUT2D eigenvalue weighted by Gasteiger charge is 2.01. The largest absolute Gasteiger partial charge is 0.393 e. The molecule has 1 aromatic rings.